The summed E-state index contributed by atoms with van der Waals surface area (Å²) in [5, 5.41) is 47.7. The molecular formula is C40H56N2O5. The third-order valence-electron chi connectivity index (χ3n) is 11.0. The van der Waals surface area contributed by atoms with Gasteiger partial charge in [-0.25, -0.2) is 0 Å². The summed E-state index contributed by atoms with van der Waals surface area (Å²) in [6.07, 6.45) is 15.5. The number of rotatable bonds is 13. The Hall–Kier alpha value is -3.07. The Bertz CT molecular complexity index is 1460. The maximum atomic E-state index is 14.0. The van der Waals surface area contributed by atoms with E-state index in [2.05, 4.69) is 31.8 Å². The smallest absolute Gasteiger partial charge is 0.162 e. The highest BCUT2D eigenvalue weighted by Crippen LogP contribution is 2.63. The summed E-state index contributed by atoms with van der Waals surface area (Å²) in [5.74, 6) is -0.632. The molecule has 256 valence electrons. The van der Waals surface area contributed by atoms with Crippen LogP contribution in [0.2, 0.25) is 0 Å². The van der Waals surface area contributed by atoms with Gasteiger partial charge in [-0.15, -0.1) is 0 Å². The maximum absolute atomic E-state index is 14.0. The van der Waals surface area contributed by atoms with E-state index in [4.69, 9.17) is 5.73 Å². The van der Waals surface area contributed by atoms with Crippen LogP contribution in [0.25, 0.3) is 6.08 Å². The number of allylic oxidation sites excluding steroid dienone is 8. The molecule has 7 nitrogen and oxygen atoms in total. The molecule has 0 amide bonds. The molecule has 2 fully saturated rings. The molecule has 2 aliphatic carbocycles. The van der Waals surface area contributed by atoms with E-state index < -0.39 is 17.1 Å². The summed E-state index contributed by atoms with van der Waals surface area (Å²) < 4.78 is 0. The highest BCUT2D eigenvalue weighted by molar-refractivity contribution is 5.97. The lowest BCUT2D eigenvalue weighted by Crippen LogP contribution is -2.59. The van der Waals surface area contributed by atoms with Crippen LogP contribution in [0, 0.1) is 17.3 Å². The normalized spacial score (nSPS) is 29.9. The van der Waals surface area contributed by atoms with Gasteiger partial charge in [-0.2, -0.15) is 0 Å². The van der Waals surface area contributed by atoms with E-state index in [0.29, 0.717) is 44.1 Å². The molecule has 47 heavy (non-hydrogen) atoms. The minimum Gasteiger partial charge on any atom is -0.396 e. The van der Waals surface area contributed by atoms with Crippen molar-refractivity contribution < 1.29 is 25.2 Å². The molecule has 0 bridgehead atoms. The number of aliphatic hydroxyl groups excluding tert-OH is 3. The van der Waals surface area contributed by atoms with Gasteiger partial charge in [0, 0.05) is 24.4 Å². The molecule has 0 unspecified atom stereocenters. The number of benzene rings is 1. The van der Waals surface area contributed by atoms with Gasteiger partial charge < -0.3 is 31.5 Å². The minimum absolute atomic E-state index is 0.00882. The van der Waals surface area contributed by atoms with E-state index in [9.17, 15) is 25.2 Å². The first-order valence-corrected chi connectivity index (χ1v) is 17.2. The molecule has 0 saturated heterocycles. The molecule has 3 aliphatic rings. The molecule has 1 aromatic carbocycles. The number of ketones is 1. The van der Waals surface area contributed by atoms with E-state index in [-0.39, 0.29) is 43.4 Å². The van der Waals surface area contributed by atoms with Crippen molar-refractivity contribution in [2.45, 2.75) is 103 Å². The van der Waals surface area contributed by atoms with Crippen LogP contribution in [-0.4, -0.2) is 51.1 Å². The van der Waals surface area contributed by atoms with Crippen LogP contribution in [-0.2, 0) is 11.2 Å². The van der Waals surface area contributed by atoms with Crippen molar-refractivity contribution in [3.63, 3.8) is 0 Å². The number of nitrogens with one attached hydrogen (secondary N) is 1. The molecule has 1 heterocycles. The van der Waals surface area contributed by atoms with Gasteiger partial charge >= 0.3 is 0 Å². The lowest BCUT2D eigenvalue weighted by molar-refractivity contribution is -0.167. The number of hydrogen-bond donors (Lipinski definition) is 6. The van der Waals surface area contributed by atoms with Crippen LogP contribution in [0.1, 0.15) is 102 Å². The number of carbonyl (C=O) groups is 1. The summed E-state index contributed by atoms with van der Waals surface area (Å²) in [5.41, 5.74) is 11.6. The second-order valence-corrected chi connectivity index (χ2v) is 14.2. The number of nitrogens with two attached hydrogens (primary N) is 1. The second-order valence-electron chi connectivity index (χ2n) is 14.2. The van der Waals surface area contributed by atoms with Crippen LogP contribution >= 0.6 is 0 Å². The van der Waals surface area contributed by atoms with E-state index >= 15 is 0 Å². The summed E-state index contributed by atoms with van der Waals surface area (Å²) in [7, 11) is 0. The fourth-order valence-corrected chi connectivity index (χ4v) is 8.36. The fraction of sp³-hybridized carbons (Fsp3) is 0.525. The Morgan fingerprint density at radius 3 is 2.66 bits per heavy atom. The first kappa shape index (κ1) is 36.8. The van der Waals surface area contributed by atoms with Gasteiger partial charge in [-0.3, -0.25) is 4.79 Å². The predicted molar refractivity (Wildman–Crippen MR) is 190 cm³/mol. The molecule has 1 spiro atoms. The molecule has 7 N–H and O–H groups in total. The molecule has 6 atom stereocenters. The molecule has 1 aromatic rings. The van der Waals surface area contributed by atoms with Gasteiger partial charge in [-0.1, -0.05) is 65.8 Å². The third kappa shape index (κ3) is 7.82. The van der Waals surface area contributed by atoms with Crippen molar-refractivity contribution >= 4 is 11.9 Å². The largest absolute Gasteiger partial charge is 0.396 e. The summed E-state index contributed by atoms with van der Waals surface area (Å²) in [6.45, 7) is 11.8. The zero-order valence-corrected chi connectivity index (χ0v) is 28.8. The van der Waals surface area contributed by atoms with Crippen molar-refractivity contribution in [2.75, 3.05) is 13.2 Å². The number of Topliss-reactive ketones (excluding diaryl/α,β-unsaturated/α-hetero) is 1. The van der Waals surface area contributed by atoms with Crippen molar-refractivity contribution in [3.8, 4) is 0 Å². The number of carbonyl (C=O) groups excluding carboxylic acids is 1. The van der Waals surface area contributed by atoms with Gasteiger partial charge in [0.1, 0.15) is 6.17 Å². The van der Waals surface area contributed by atoms with E-state index in [1.54, 1.807) is 0 Å². The topological polar surface area (TPSA) is 136 Å². The summed E-state index contributed by atoms with van der Waals surface area (Å²) in [4.78, 5) is 14.0. The molecule has 0 aromatic heterocycles. The van der Waals surface area contributed by atoms with Crippen LogP contribution < -0.4 is 11.1 Å². The Labute approximate surface area is 281 Å². The number of aliphatic hydroxyl groups is 4. The van der Waals surface area contributed by atoms with Crippen molar-refractivity contribution in [3.05, 3.63) is 99.8 Å². The number of hydrogen-bond acceptors (Lipinski definition) is 7. The first-order chi connectivity index (χ1) is 22.4. The monoisotopic (exact) mass is 644 g/mol. The van der Waals surface area contributed by atoms with Gasteiger partial charge in [0.15, 0.2) is 5.78 Å². The van der Waals surface area contributed by atoms with Crippen LogP contribution in [0.4, 0.5) is 0 Å². The Morgan fingerprint density at radius 1 is 1.19 bits per heavy atom. The van der Waals surface area contributed by atoms with Gasteiger partial charge in [0.25, 0.3) is 0 Å². The lowest BCUT2D eigenvalue weighted by Gasteiger charge is -2.55. The average Bonchev–Trinajstić information content (AvgIpc) is 3.37. The molecule has 7 heteroatoms. The highest BCUT2D eigenvalue weighted by Gasteiger charge is 2.64. The van der Waals surface area contributed by atoms with E-state index in [1.165, 1.54) is 5.57 Å². The minimum atomic E-state index is -1.20. The predicted octanol–water partition coefficient (Wildman–Crippen LogP) is 6.11. The zero-order chi connectivity index (χ0) is 34.4. The standard InChI is InChI=1S/C40H56N2O5/c1-26(2)10-6-11-27(3)12-7-14-30(25-44)33-18-21-40(37(33)46)35(16-9-23-43)31(17-20-39(40,5)47)28(4)36(45)24-29-13-8-15-34-32(29)19-22-42-38(34)41/h7-8,10,12-15,19,22,33,35,37-38,42-44,46-47H,3,6,9,11,16-18,20-21,23-25,41H2,1-2,4-5H3/b12-7+,30-14-,31-28+/t33-,35-,37-,38-,39-,40-/m1/s1. The first-order valence-electron chi connectivity index (χ1n) is 17.2. The van der Waals surface area contributed by atoms with Crippen molar-refractivity contribution in [1.29, 1.82) is 0 Å². The second kappa shape index (κ2) is 15.9. The quantitative estimate of drug-likeness (QED) is 0.0866. The highest BCUT2D eigenvalue weighted by atomic mass is 16.3. The van der Waals surface area contributed by atoms with Crippen molar-refractivity contribution in [2.24, 2.45) is 23.0 Å². The summed E-state index contributed by atoms with van der Waals surface area (Å²) >= 11 is 0. The Morgan fingerprint density at radius 2 is 1.96 bits per heavy atom. The number of fused-ring (bicyclic) bond motifs is 1. The lowest BCUT2D eigenvalue weighted by atomic mass is 9.52. The van der Waals surface area contributed by atoms with Gasteiger partial charge in [-0.05, 0) is 125 Å². The Kier molecular flexibility index (Phi) is 12.4. The fourth-order valence-electron chi connectivity index (χ4n) is 8.36. The van der Waals surface area contributed by atoms with Gasteiger partial charge in [0.2, 0.25) is 0 Å². The van der Waals surface area contributed by atoms with Gasteiger partial charge in [0.05, 0.1) is 18.3 Å². The van der Waals surface area contributed by atoms with Crippen LogP contribution in [0.5, 0.6) is 0 Å². The van der Waals surface area contributed by atoms with E-state index in [0.717, 1.165) is 46.3 Å². The van der Waals surface area contributed by atoms with E-state index in [1.807, 2.05) is 62.6 Å². The molecule has 1 aliphatic heterocycles. The molecule has 4 rings (SSSR count). The summed E-state index contributed by atoms with van der Waals surface area (Å²) in [6, 6.07) is 5.87. The SMILES string of the molecule is C=C(/C=C/C=C(/CO)[C@H]1CC[C@@]2([C@H](CCCO)/C(=C(\C)C(=O)Cc3cccc4c3C=CN[C@H]4N)CC[C@@]2(C)O)[C@@H]1O)CCC=C(C)C. The maximum Gasteiger partial charge on any atom is 0.162 e. The van der Waals surface area contributed by atoms with Crippen LogP contribution in [0.3, 0.4) is 0 Å². The molecule has 0 radical (unpaired) electrons. The zero-order valence-electron chi connectivity index (χ0n) is 28.8. The average molecular weight is 645 g/mol. The third-order valence-corrected chi connectivity index (χ3v) is 11.0. The molecule has 2 saturated carbocycles. The van der Waals surface area contributed by atoms with Crippen LogP contribution in [0.15, 0.2) is 83.1 Å². The van der Waals surface area contributed by atoms with Crippen molar-refractivity contribution in [1.82, 2.24) is 5.32 Å². The Balaban J connectivity index is 1.64. The molecular weight excluding hydrogens is 588 g/mol.